The summed E-state index contributed by atoms with van der Waals surface area (Å²) in [5.74, 6) is -0.753. The van der Waals surface area contributed by atoms with E-state index in [1.165, 1.54) is 12.1 Å². The van der Waals surface area contributed by atoms with E-state index in [1.807, 2.05) is 54.6 Å². The monoisotopic (exact) mass is 756 g/mol. The van der Waals surface area contributed by atoms with Gasteiger partial charge in [-0.2, -0.15) is 0 Å². The van der Waals surface area contributed by atoms with Crippen LogP contribution < -0.4 is 9.46 Å². The van der Waals surface area contributed by atoms with Gasteiger partial charge in [-0.25, -0.2) is 22.1 Å². The fraction of sp³-hybridized carbons (Fsp3) is 0.175. The second-order valence-corrected chi connectivity index (χ2v) is 15.5. The van der Waals surface area contributed by atoms with E-state index < -0.39 is 27.1 Å². The number of carboxylic acids is 1. The van der Waals surface area contributed by atoms with Crippen LogP contribution in [0.1, 0.15) is 49.9 Å². The van der Waals surface area contributed by atoms with Gasteiger partial charge in [0.15, 0.2) is 11.1 Å². The van der Waals surface area contributed by atoms with E-state index in [-0.39, 0.29) is 36.3 Å². The summed E-state index contributed by atoms with van der Waals surface area (Å²) in [5, 5.41) is 10.8. The van der Waals surface area contributed by atoms with Gasteiger partial charge in [-0.1, -0.05) is 96.5 Å². The smallest absolute Gasteiger partial charge is 0.335 e. The average Bonchev–Trinajstić information content (AvgIpc) is 3.41. The Morgan fingerprint density at radius 2 is 1.44 bits per heavy atom. The van der Waals surface area contributed by atoms with Gasteiger partial charge < -0.3 is 19.0 Å². The van der Waals surface area contributed by atoms with Crippen LogP contribution in [0.2, 0.25) is 5.02 Å². The molecule has 0 radical (unpaired) electrons. The molecule has 0 spiro atoms. The fourth-order valence-corrected chi connectivity index (χ4v) is 8.24. The molecule has 0 saturated carbocycles. The highest BCUT2D eigenvalue weighted by molar-refractivity contribution is 7.88. The van der Waals surface area contributed by atoms with E-state index in [9.17, 15) is 27.1 Å². The summed E-state index contributed by atoms with van der Waals surface area (Å²) in [6.45, 7) is 0.396. The zero-order chi connectivity index (χ0) is 36.7. The maximum absolute atomic E-state index is 13.3. The molecule has 1 heterocycles. The molecule has 1 aromatic heterocycles. The van der Waals surface area contributed by atoms with E-state index >= 15 is 0 Å². The normalized spacial score (nSPS) is 12.3. The maximum atomic E-state index is 13.3. The van der Waals surface area contributed by atoms with Crippen molar-refractivity contribution in [3.8, 4) is 5.75 Å². The van der Waals surface area contributed by atoms with Crippen LogP contribution in [0.15, 0.2) is 127 Å². The SMILES string of the molecule is O=C(O)c1ccc(OCCc2c(CCNS(=O)(=O)Cc3ccc(CS(=O)O)cc3)n(C(c3ccccc3)c3ccccc3)c3ccc(Cl)cc23)cc1. The van der Waals surface area contributed by atoms with Crippen molar-refractivity contribution in [1.82, 2.24) is 9.29 Å². The number of benzene rings is 5. The highest BCUT2D eigenvalue weighted by Crippen LogP contribution is 2.38. The van der Waals surface area contributed by atoms with E-state index in [4.69, 9.17) is 16.3 Å². The lowest BCUT2D eigenvalue weighted by atomic mass is 9.97. The minimum atomic E-state index is -3.75. The number of rotatable bonds is 16. The Labute approximate surface area is 310 Å². The number of sulfonamides is 1. The fourth-order valence-electron chi connectivity index (χ4n) is 6.45. The third-order valence-corrected chi connectivity index (χ3v) is 10.9. The van der Waals surface area contributed by atoms with Crippen LogP contribution in [-0.4, -0.2) is 46.0 Å². The Morgan fingerprint density at radius 1 is 0.827 bits per heavy atom. The lowest BCUT2D eigenvalue weighted by Gasteiger charge is -2.25. The molecule has 12 heteroatoms. The molecule has 0 amide bonds. The number of hydrogen-bond acceptors (Lipinski definition) is 5. The molecular formula is C40H37ClN2O7S2. The number of fused-ring (bicyclic) bond motifs is 1. The Hall–Kier alpha value is -4.78. The third kappa shape index (κ3) is 9.17. The van der Waals surface area contributed by atoms with Crippen LogP contribution in [0.4, 0.5) is 0 Å². The van der Waals surface area contributed by atoms with Gasteiger partial charge in [0.1, 0.15) is 5.75 Å². The Kier molecular flexibility index (Phi) is 11.9. The molecular weight excluding hydrogens is 720 g/mol. The number of ether oxygens (including phenoxy) is 1. The molecule has 0 fully saturated rings. The van der Waals surface area contributed by atoms with E-state index in [0.29, 0.717) is 34.7 Å². The lowest BCUT2D eigenvalue weighted by Crippen LogP contribution is -2.28. The maximum Gasteiger partial charge on any atom is 0.335 e. The number of aromatic nitrogens is 1. The van der Waals surface area contributed by atoms with E-state index in [1.54, 1.807) is 36.4 Å². The van der Waals surface area contributed by atoms with Gasteiger partial charge in [0.2, 0.25) is 10.0 Å². The van der Waals surface area contributed by atoms with Gasteiger partial charge in [-0.05, 0) is 70.3 Å². The van der Waals surface area contributed by atoms with Crippen molar-refractivity contribution < 1.29 is 31.8 Å². The molecule has 9 nitrogen and oxygen atoms in total. The summed E-state index contributed by atoms with van der Waals surface area (Å²) >= 11 is 4.62. The largest absolute Gasteiger partial charge is 0.493 e. The van der Waals surface area contributed by atoms with Gasteiger partial charge >= 0.3 is 5.97 Å². The Morgan fingerprint density at radius 3 is 2.04 bits per heavy atom. The zero-order valence-corrected chi connectivity index (χ0v) is 30.4. The number of nitrogens with zero attached hydrogens (tertiary/aromatic N) is 1. The zero-order valence-electron chi connectivity index (χ0n) is 28.0. The Balaban J connectivity index is 1.36. The summed E-state index contributed by atoms with van der Waals surface area (Å²) in [5.41, 5.74) is 6.30. The van der Waals surface area contributed by atoms with Crippen LogP contribution in [0.5, 0.6) is 5.75 Å². The molecule has 3 N–H and O–H groups in total. The van der Waals surface area contributed by atoms with Crippen molar-refractivity contribution in [2.45, 2.75) is 30.4 Å². The molecule has 0 aliphatic carbocycles. The quantitative estimate of drug-likeness (QED) is 0.0865. The average molecular weight is 757 g/mol. The van der Waals surface area contributed by atoms with Gasteiger partial charge in [0, 0.05) is 41.0 Å². The van der Waals surface area contributed by atoms with E-state index in [0.717, 1.165) is 33.3 Å². The molecule has 268 valence electrons. The second-order valence-electron chi connectivity index (χ2n) is 12.3. The lowest BCUT2D eigenvalue weighted by molar-refractivity contribution is 0.0696. The first-order valence-corrected chi connectivity index (χ1v) is 19.9. The minimum Gasteiger partial charge on any atom is -0.493 e. The van der Waals surface area contributed by atoms with Gasteiger partial charge in [-0.15, -0.1) is 0 Å². The summed E-state index contributed by atoms with van der Waals surface area (Å²) in [4.78, 5) is 11.3. The molecule has 0 aliphatic heterocycles. The van der Waals surface area contributed by atoms with Gasteiger partial charge in [0.05, 0.1) is 29.7 Å². The molecule has 6 rings (SSSR count). The van der Waals surface area contributed by atoms with Crippen molar-refractivity contribution in [1.29, 1.82) is 0 Å². The molecule has 0 bridgehead atoms. The van der Waals surface area contributed by atoms with Crippen LogP contribution in [0.25, 0.3) is 10.9 Å². The first kappa shape index (κ1) is 37.0. The summed E-state index contributed by atoms with van der Waals surface area (Å²) in [7, 11) is -3.75. The van der Waals surface area contributed by atoms with E-state index in [2.05, 4.69) is 33.6 Å². The number of carbonyl (C=O) groups is 1. The highest BCUT2D eigenvalue weighted by atomic mass is 35.5. The van der Waals surface area contributed by atoms with Crippen LogP contribution in [0.3, 0.4) is 0 Å². The molecule has 52 heavy (non-hydrogen) atoms. The summed E-state index contributed by atoms with van der Waals surface area (Å²) < 4.78 is 58.2. The van der Waals surface area contributed by atoms with Gasteiger partial charge in [0.25, 0.3) is 0 Å². The van der Waals surface area contributed by atoms with Crippen molar-refractivity contribution in [3.05, 3.63) is 171 Å². The first-order chi connectivity index (χ1) is 25.1. The number of hydrogen-bond donors (Lipinski definition) is 3. The summed E-state index contributed by atoms with van der Waals surface area (Å²) in [6.07, 6.45) is 0.819. The summed E-state index contributed by atoms with van der Waals surface area (Å²) in [6, 6.07) is 38.7. The highest BCUT2D eigenvalue weighted by Gasteiger charge is 2.26. The van der Waals surface area contributed by atoms with Crippen LogP contribution >= 0.6 is 11.6 Å². The standard InChI is InChI=1S/C40H37ClN2O7S2/c41-33-17-20-37-36(25-33)35(22-24-50-34-18-15-32(16-19-34)40(44)45)38(43(37)39(30-7-3-1-4-8-30)31-9-5-2-6-10-31)21-23-42-52(48,49)27-29-13-11-28(12-14-29)26-51(46)47/h1-20,25,39,42H,21-24,26-27H2,(H,44,45)(H,46,47). The molecule has 1 unspecified atom stereocenters. The number of nitrogens with one attached hydrogen (secondary N) is 1. The number of halogens is 1. The van der Waals surface area contributed by atoms with Crippen molar-refractivity contribution in [3.63, 3.8) is 0 Å². The molecule has 6 aromatic rings. The molecule has 1 atom stereocenters. The third-order valence-electron chi connectivity index (χ3n) is 8.75. The first-order valence-electron chi connectivity index (χ1n) is 16.6. The van der Waals surface area contributed by atoms with Crippen LogP contribution in [0, 0.1) is 0 Å². The van der Waals surface area contributed by atoms with Crippen molar-refractivity contribution in [2.24, 2.45) is 0 Å². The molecule has 0 saturated heterocycles. The Bertz CT molecular complexity index is 2240. The van der Waals surface area contributed by atoms with Crippen LogP contribution in [-0.2, 0) is 45.5 Å². The van der Waals surface area contributed by atoms with Crippen molar-refractivity contribution >= 4 is 49.6 Å². The molecule has 0 aliphatic rings. The van der Waals surface area contributed by atoms with Gasteiger partial charge in [-0.3, -0.25) is 0 Å². The topological polar surface area (TPSA) is 135 Å². The minimum absolute atomic E-state index is 0.0260. The molecule has 5 aromatic carbocycles. The van der Waals surface area contributed by atoms with Crippen molar-refractivity contribution in [2.75, 3.05) is 13.2 Å². The number of carboxylic acid groups (broad SMARTS) is 1. The predicted molar refractivity (Wildman–Crippen MR) is 205 cm³/mol. The predicted octanol–water partition coefficient (Wildman–Crippen LogP) is 7.64. The number of aromatic carboxylic acids is 1. The second kappa shape index (κ2) is 16.7.